The van der Waals surface area contributed by atoms with Gasteiger partial charge in [-0.2, -0.15) is 0 Å². The van der Waals surface area contributed by atoms with Gasteiger partial charge in [-0.05, 0) is 18.6 Å². The van der Waals surface area contributed by atoms with Crippen molar-refractivity contribution in [2.24, 2.45) is 0 Å². The summed E-state index contributed by atoms with van der Waals surface area (Å²) in [7, 11) is 0. The molecule has 2 aromatic heterocycles. The van der Waals surface area contributed by atoms with Gasteiger partial charge in [0.2, 0.25) is 17.7 Å². The standard InChI is InChI=1S/C20H21ClN6O3S/c1-2-8-26(11-16-24-25-18(30-16)14-5-3-4-6-15(14)21)17(28)10-13-12-31-20(23-13)27-9-7-22-19(27)29/h3-6,12H,2,7-11H2,1H3,(H,22,29). The van der Waals surface area contributed by atoms with Crippen LogP contribution >= 0.6 is 22.9 Å². The van der Waals surface area contributed by atoms with Crippen molar-refractivity contribution in [3.05, 3.63) is 46.3 Å². The maximum atomic E-state index is 12.9. The van der Waals surface area contributed by atoms with E-state index in [1.807, 2.05) is 24.4 Å². The van der Waals surface area contributed by atoms with Crippen LogP contribution in [0.3, 0.4) is 0 Å². The highest BCUT2D eigenvalue weighted by Gasteiger charge is 2.25. The number of amides is 3. The van der Waals surface area contributed by atoms with Crippen LogP contribution in [0.5, 0.6) is 0 Å². The van der Waals surface area contributed by atoms with Gasteiger partial charge < -0.3 is 14.6 Å². The number of carbonyl (C=O) groups is 2. The molecule has 1 aliphatic rings. The summed E-state index contributed by atoms with van der Waals surface area (Å²) >= 11 is 7.55. The van der Waals surface area contributed by atoms with Crippen LogP contribution in [0, 0.1) is 0 Å². The van der Waals surface area contributed by atoms with Crippen molar-refractivity contribution < 1.29 is 14.0 Å². The van der Waals surface area contributed by atoms with Gasteiger partial charge in [0.1, 0.15) is 0 Å². The third-order valence-electron chi connectivity index (χ3n) is 4.70. The first kappa shape index (κ1) is 21.3. The van der Waals surface area contributed by atoms with E-state index < -0.39 is 0 Å². The molecule has 0 saturated carbocycles. The molecule has 1 saturated heterocycles. The molecule has 3 aromatic rings. The zero-order valence-corrected chi connectivity index (χ0v) is 18.4. The summed E-state index contributed by atoms with van der Waals surface area (Å²) in [4.78, 5) is 32.4. The number of halogens is 1. The Morgan fingerprint density at radius 2 is 2.19 bits per heavy atom. The number of thiazole rings is 1. The highest BCUT2D eigenvalue weighted by molar-refractivity contribution is 7.14. The van der Waals surface area contributed by atoms with Gasteiger partial charge in [-0.15, -0.1) is 21.5 Å². The summed E-state index contributed by atoms with van der Waals surface area (Å²) in [6.07, 6.45) is 0.922. The largest absolute Gasteiger partial charge is 0.419 e. The minimum absolute atomic E-state index is 0.0953. The fourth-order valence-corrected chi connectivity index (χ4v) is 4.27. The van der Waals surface area contributed by atoms with Crippen molar-refractivity contribution in [3.8, 4) is 11.5 Å². The van der Waals surface area contributed by atoms with Crippen LogP contribution in [0.4, 0.5) is 9.93 Å². The number of urea groups is 1. The van der Waals surface area contributed by atoms with Gasteiger partial charge in [0.15, 0.2) is 5.13 Å². The maximum Gasteiger partial charge on any atom is 0.323 e. The third kappa shape index (κ3) is 4.86. The lowest BCUT2D eigenvalue weighted by atomic mass is 10.2. The van der Waals surface area contributed by atoms with Crippen LogP contribution in [0.2, 0.25) is 5.02 Å². The fraction of sp³-hybridized carbons (Fsp3) is 0.350. The summed E-state index contributed by atoms with van der Waals surface area (Å²) < 4.78 is 5.75. The van der Waals surface area contributed by atoms with Crippen molar-refractivity contribution in [1.29, 1.82) is 0 Å². The van der Waals surface area contributed by atoms with Crippen molar-refractivity contribution in [2.75, 3.05) is 24.5 Å². The molecule has 9 nitrogen and oxygen atoms in total. The van der Waals surface area contributed by atoms with Crippen LogP contribution in [0.1, 0.15) is 24.9 Å². The number of anilines is 1. The number of rotatable bonds is 8. The molecule has 3 amide bonds. The quantitative estimate of drug-likeness (QED) is 0.552. The molecule has 1 aromatic carbocycles. The van der Waals surface area contributed by atoms with Crippen molar-refractivity contribution in [2.45, 2.75) is 26.3 Å². The van der Waals surface area contributed by atoms with Crippen molar-refractivity contribution in [1.82, 2.24) is 25.4 Å². The molecule has 1 N–H and O–H groups in total. The van der Waals surface area contributed by atoms with Gasteiger partial charge in [0.05, 0.1) is 29.2 Å². The molecule has 0 spiro atoms. The number of aromatic nitrogens is 3. The molecular formula is C20H21ClN6O3S. The lowest BCUT2D eigenvalue weighted by Gasteiger charge is -2.19. The Labute approximate surface area is 188 Å². The Kier molecular flexibility index (Phi) is 6.47. The summed E-state index contributed by atoms with van der Waals surface area (Å²) in [6, 6.07) is 7.05. The van der Waals surface area contributed by atoms with Gasteiger partial charge in [-0.25, -0.2) is 9.78 Å². The molecule has 0 radical (unpaired) electrons. The number of nitrogens with zero attached hydrogens (tertiary/aromatic N) is 5. The second kappa shape index (κ2) is 9.44. The summed E-state index contributed by atoms with van der Waals surface area (Å²) in [5, 5.41) is 13.8. The molecule has 1 aliphatic heterocycles. The van der Waals surface area contributed by atoms with Gasteiger partial charge in [-0.1, -0.05) is 30.7 Å². The summed E-state index contributed by atoms with van der Waals surface area (Å²) in [5.41, 5.74) is 1.28. The molecule has 3 heterocycles. The molecular weight excluding hydrogens is 440 g/mol. The van der Waals surface area contributed by atoms with E-state index in [0.717, 1.165) is 6.42 Å². The molecule has 0 bridgehead atoms. The normalized spacial score (nSPS) is 13.5. The molecule has 162 valence electrons. The van der Waals surface area contributed by atoms with E-state index in [9.17, 15) is 9.59 Å². The minimum atomic E-state index is -0.162. The second-order valence-corrected chi connectivity index (χ2v) is 8.22. The van der Waals surface area contributed by atoms with E-state index in [2.05, 4.69) is 20.5 Å². The molecule has 4 rings (SSSR count). The molecule has 0 unspecified atom stereocenters. The van der Waals surface area contributed by atoms with Crippen LogP contribution in [0.15, 0.2) is 34.1 Å². The molecule has 31 heavy (non-hydrogen) atoms. The fourth-order valence-electron chi connectivity index (χ4n) is 3.21. The van der Waals surface area contributed by atoms with E-state index in [4.69, 9.17) is 16.0 Å². The third-order valence-corrected chi connectivity index (χ3v) is 5.95. The van der Waals surface area contributed by atoms with E-state index in [-0.39, 0.29) is 24.9 Å². The first-order valence-corrected chi connectivity index (χ1v) is 11.2. The van der Waals surface area contributed by atoms with E-state index in [0.29, 0.717) is 52.8 Å². The minimum Gasteiger partial charge on any atom is -0.419 e. The number of hydrogen-bond donors (Lipinski definition) is 1. The zero-order chi connectivity index (χ0) is 21.8. The Hall–Kier alpha value is -2.98. The average molecular weight is 461 g/mol. The predicted octanol–water partition coefficient (Wildman–Crippen LogP) is 3.36. The first-order valence-electron chi connectivity index (χ1n) is 9.90. The smallest absolute Gasteiger partial charge is 0.323 e. The lowest BCUT2D eigenvalue weighted by molar-refractivity contribution is -0.131. The number of benzene rings is 1. The van der Waals surface area contributed by atoms with Gasteiger partial charge in [0.25, 0.3) is 0 Å². The number of hydrogen-bond acceptors (Lipinski definition) is 7. The van der Waals surface area contributed by atoms with Crippen LogP contribution in [-0.4, -0.2) is 51.7 Å². The lowest BCUT2D eigenvalue weighted by Crippen LogP contribution is -2.33. The monoisotopic (exact) mass is 460 g/mol. The summed E-state index contributed by atoms with van der Waals surface area (Å²) in [5.74, 6) is 0.559. The van der Waals surface area contributed by atoms with E-state index in [1.54, 1.807) is 21.9 Å². The Balaban J connectivity index is 1.43. The van der Waals surface area contributed by atoms with Crippen molar-refractivity contribution in [3.63, 3.8) is 0 Å². The number of carbonyl (C=O) groups excluding carboxylic acids is 2. The van der Waals surface area contributed by atoms with Crippen molar-refractivity contribution >= 4 is 40.0 Å². The van der Waals surface area contributed by atoms with Crippen LogP contribution < -0.4 is 10.2 Å². The van der Waals surface area contributed by atoms with Gasteiger partial charge in [0, 0.05) is 25.0 Å². The molecule has 0 atom stereocenters. The number of nitrogens with one attached hydrogen (secondary N) is 1. The summed E-state index contributed by atoms with van der Waals surface area (Å²) in [6.45, 7) is 3.92. The van der Waals surface area contributed by atoms with Gasteiger partial charge in [-0.3, -0.25) is 9.69 Å². The van der Waals surface area contributed by atoms with E-state index in [1.165, 1.54) is 11.3 Å². The average Bonchev–Trinajstić information content (AvgIpc) is 3.49. The molecule has 0 aliphatic carbocycles. The Morgan fingerprint density at radius 3 is 2.94 bits per heavy atom. The van der Waals surface area contributed by atoms with Gasteiger partial charge >= 0.3 is 6.03 Å². The predicted molar refractivity (Wildman–Crippen MR) is 117 cm³/mol. The highest BCUT2D eigenvalue weighted by atomic mass is 35.5. The second-order valence-electron chi connectivity index (χ2n) is 6.98. The highest BCUT2D eigenvalue weighted by Crippen LogP contribution is 2.27. The molecule has 11 heteroatoms. The maximum absolute atomic E-state index is 12.9. The van der Waals surface area contributed by atoms with Crippen LogP contribution in [-0.2, 0) is 17.8 Å². The zero-order valence-electron chi connectivity index (χ0n) is 16.9. The SMILES string of the molecule is CCCN(Cc1nnc(-c2ccccc2Cl)o1)C(=O)Cc1csc(N2CCNC2=O)n1. The topological polar surface area (TPSA) is 104 Å². The van der Waals surface area contributed by atoms with E-state index >= 15 is 0 Å². The Morgan fingerprint density at radius 1 is 1.35 bits per heavy atom. The van der Waals surface area contributed by atoms with Crippen LogP contribution in [0.25, 0.3) is 11.5 Å². The first-order chi connectivity index (χ1) is 15.0. The molecule has 1 fully saturated rings. The Bertz CT molecular complexity index is 1080.